The van der Waals surface area contributed by atoms with Gasteiger partial charge in [-0.15, -0.1) is 11.3 Å². The van der Waals surface area contributed by atoms with E-state index in [-0.39, 0.29) is 0 Å². The highest BCUT2D eigenvalue weighted by Crippen LogP contribution is 2.43. The van der Waals surface area contributed by atoms with Crippen LogP contribution in [0.25, 0.3) is 103 Å². The smallest absolute Gasteiger partial charge is 0.161 e. The van der Waals surface area contributed by atoms with Crippen LogP contribution in [0.15, 0.2) is 176 Å². The third-order valence-corrected chi connectivity index (χ3v) is 11.5. The van der Waals surface area contributed by atoms with Gasteiger partial charge in [0.05, 0.1) is 22.2 Å². The van der Waals surface area contributed by atoms with E-state index in [0.29, 0.717) is 0 Å². The standard InChI is InChI=1S/C48H29N3S/c1-2-14-33(15-3-1)51-42-22-9-7-17-35(42)39-28-31(24-26-43(39)51)32-25-27-44-40(29-32)46-38(20-11-23-45(46)52-44)48-49-41-21-8-6-18-37(41)47(50-48)36-19-10-13-30-12-4-5-16-34(30)36/h1-29H. The van der Waals surface area contributed by atoms with E-state index in [1.54, 1.807) is 0 Å². The Balaban J connectivity index is 1.11. The first-order valence-electron chi connectivity index (χ1n) is 17.6. The van der Waals surface area contributed by atoms with Gasteiger partial charge in [0, 0.05) is 53.1 Å². The molecule has 0 aliphatic carbocycles. The zero-order chi connectivity index (χ0) is 34.2. The molecule has 0 amide bonds. The minimum atomic E-state index is 0.743. The fraction of sp³-hybridized carbons (Fsp3) is 0. The highest BCUT2D eigenvalue weighted by Gasteiger charge is 2.19. The predicted molar refractivity (Wildman–Crippen MR) is 221 cm³/mol. The molecule has 0 aliphatic heterocycles. The first kappa shape index (κ1) is 29.1. The largest absolute Gasteiger partial charge is 0.309 e. The lowest BCUT2D eigenvalue weighted by molar-refractivity contribution is 1.18. The Morgan fingerprint density at radius 3 is 2.00 bits per heavy atom. The van der Waals surface area contributed by atoms with E-state index in [1.807, 2.05) is 11.3 Å². The Morgan fingerprint density at radius 1 is 0.423 bits per heavy atom. The Hall–Kier alpha value is -6.62. The normalized spacial score (nSPS) is 11.8. The van der Waals surface area contributed by atoms with Crippen LogP contribution in [-0.2, 0) is 0 Å². The van der Waals surface area contributed by atoms with Gasteiger partial charge in [-0.3, -0.25) is 0 Å². The lowest BCUT2D eigenvalue weighted by atomic mass is 9.98. The number of benzene rings is 8. The number of hydrogen-bond donors (Lipinski definition) is 0. The summed E-state index contributed by atoms with van der Waals surface area (Å²) in [4.78, 5) is 10.6. The molecular weight excluding hydrogens is 651 g/mol. The molecule has 0 aliphatic rings. The maximum absolute atomic E-state index is 5.39. The summed E-state index contributed by atoms with van der Waals surface area (Å²) in [7, 11) is 0. The third-order valence-electron chi connectivity index (χ3n) is 10.4. The minimum Gasteiger partial charge on any atom is -0.309 e. The SMILES string of the molecule is c1ccc(-n2c3ccccc3c3cc(-c4ccc5sc6cccc(-c7nc(-c8cccc9ccccc89)c8ccccc8n7)c6c5c4)ccc32)cc1. The van der Waals surface area contributed by atoms with E-state index in [2.05, 4.69) is 180 Å². The van der Waals surface area contributed by atoms with Gasteiger partial charge in [0.2, 0.25) is 0 Å². The van der Waals surface area contributed by atoms with Gasteiger partial charge in [-0.1, -0.05) is 121 Å². The predicted octanol–water partition coefficient (Wildman–Crippen LogP) is 13.2. The van der Waals surface area contributed by atoms with Crippen molar-refractivity contribution in [1.29, 1.82) is 0 Å². The summed E-state index contributed by atoms with van der Waals surface area (Å²) in [5.41, 5.74) is 10.0. The third kappa shape index (κ3) is 4.45. The molecule has 0 atom stereocenters. The quantitative estimate of drug-likeness (QED) is 0.185. The molecule has 242 valence electrons. The van der Waals surface area contributed by atoms with Crippen LogP contribution >= 0.6 is 11.3 Å². The lowest BCUT2D eigenvalue weighted by Crippen LogP contribution is -1.96. The molecule has 4 heteroatoms. The second-order valence-electron chi connectivity index (χ2n) is 13.4. The number of rotatable bonds is 4. The highest BCUT2D eigenvalue weighted by molar-refractivity contribution is 7.26. The molecule has 0 radical (unpaired) electrons. The van der Waals surface area contributed by atoms with Gasteiger partial charge in [0.25, 0.3) is 0 Å². The molecule has 0 spiro atoms. The van der Waals surface area contributed by atoms with E-state index in [4.69, 9.17) is 9.97 Å². The van der Waals surface area contributed by atoms with Crippen molar-refractivity contribution in [3.63, 3.8) is 0 Å². The molecule has 0 N–H and O–H groups in total. The zero-order valence-corrected chi connectivity index (χ0v) is 28.8. The van der Waals surface area contributed by atoms with Gasteiger partial charge < -0.3 is 4.57 Å². The number of hydrogen-bond acceptors (Lipinski definition) is 3. The summed E-state index contributed by atoms with van der Waals surface area (Å²) in [6, 6.07) is 63.1. The van der Waals surface area contributed by atoms with E-state index in [9.17, 15) is 0 Å². The zero-order valence-electron chi connectivity index (χ0n) is 28.0. The molecule has 0 fully saturated rings. The maximum atomic E-state index is 5.39. The van der Waals surface area contributed by atoms with Crippen LogP contribution in [0.3, 0.4) is 0 Å². The van der Waals surface area contributed by atoms with Crippen molar-refractivity contribution in [2.24, 2.45) is 0 Å². The average molecular weight is 680 g/mol. The molecule has 11 aromatic rings. The minimum absolute atomic E-state index is 0.743. The van der Waals surface area contributed by atoms with Crippen LogP contribution in [0.4, 0.5) is 0 Å². The van der Waals surface area contributed by atoms with Gasteiger partial charge in [-0.25, -0.2) is 9.97 Å². The van der Waals surface area contributed by atoms with Crippen LogP contribution in [0.2, 0.25) is 0 Å². The number of para-hydroxylation sites is 3. The van der Waals surface area contributed by atoms with Gasteiger partial charge >= 0.3 is 0 Å². The Kier molecular flexibility index (Phi) is 6.42. The molecule has 0 saturated carbocycles. The van der Waals surface area contributed by atoms with E-state index >= 15 is 0 Å². The van der Waals surface area contributed by atoms with Crippen molar-refractivity contribution in [3.8, 4) is 39.5 Å². The Labute approximate surface area is 303 Å². The van der Waals surface area contributed by atoms with Crippen LogP contribution in [0.5, 0.6) is 0 Å². The summed E-state index contributed by atoms with van der Waals surface area (Å²) in [6.07, 6.45) is 0. The van der Waals surface area contributed by atoms with Crippen LogP contribution < -0.4 is 0 Å². The second kappa shape index (κ2) is 11.5. The molecule has 3 nitrogen and oxygen atoms in total. The summed E-state index contributed by atoms with van der Waals surface area (Å²) in [5.74, 6) is 0.743. The molecule has 3 heterocycles. The second-order valence-corrected chi connectivity index (χ2v) is 14.4. The first-order valence-corrected chi connectivity index (χ1v) is 18.4. The Morgan fingerprint density at radius 2 is 1.10 bits per heavy atom. The van der Waals surface area contributed by atoms with Crippen molar-refractivity contribution < 1.29 is 0 Å². The number of aromatic nitrogens is 3. The van der Waals surface area contributed by atoms with E-state index in [1.165, 1.54) is 69.6 Å². The van der Waals surface area contributed by atoms with Gasteiger partial charge in [-0.05, 0) is 76.5 Å². The van der Waals surface area contributed by atoms with Crippen molar-refractivity contribution >= 4 is 75.0 Å². The van der Waals surface area contributed by atoms with Gasteiger partial charge in [0.15, 0.2) is 5.82 Å². The fourth-order valence-corrected chi connectivity index (χ4v) is 9.15. The fourth-order valence-electron chi connectivity index (χ4n) is 8.03. The van der Waals surface area contributed by atoms with Crippen molar-refractivity contribution in [2.75, 3.05) is 0 Å². The molecule has 0 unspecified atom stereocenters. The molecule has 11 rings (SSSR count). The number of nitrogens with zero attached hydrogens (tertiary/aromatic N) is 3. The molecule has 0 bridgehead atoms. The van der Waals surface area contributed by atoms with Gasteiger partial charge in [-0.2, -0.15) is 0 Å². The van der Waals surface area contributed by atoms with Crippen molar-refractivity contribution in [3.05, 3.63) is 176 Å². The highest BCUT2D eigenvalue weighted by atomic mass is 32.1. The van der Waals surface area contributed by atoms with Crippen molar-refractivity contribution in [1.82, 2.24) is 14.5 Å². The van der Waals surface area contributed by atoms with Gasteiger partial charge in [0.1, 0.15) is 0 Å². The molecule has 0 saturated heterocycles. The number of fused-ring (bicyclic) bond motifs is 8. The molecule has 52 heavy (non-hydrogen) atoms. The van der Waals surface area contributed by atoms with Crippen LogP contribution in [-0.4, -0.2) is 14.5 Å². The van der Waals surface area contributed by atoms with Crippen molar-refractivity contribution in [2.45, 2.75) is 0 Å². The Bertz CT molecular complexity index is 3180. The van der Waals surface area contributed by atoms with E-state index in [0.717, 1.165) is 33.5 Å². The van der Waals surface area contributed by atoms with E-state index < -0.39 is 0 Å². The molecule has 3 aromatic heterocycles. The molecular formula is C48H29N3S. The van der Waals surface area contributed by atoms with Crippen LogP contribution in [0, 0.1) is 0 Å². The maximum Gasteiger partial charge on any atom is 0.161 e. The summed E-state index contributed by atoms with van der Waals surface area (Å²) < 4.78 is 4.85. The molecule has 8 aromatic carbocycles. The monoisotopic (exact) mass is 679 g/mol. The number of thiophene rings is 1. The summed E-state index contributed by atoms with van der Waals surface area (Å²) in [6.45, 7) is 0. The summed E-state index contributed by atoms with van der Waals surface area (Å²) in [5, 5.41) is 8.37. The first-order chi connectivity index (χ1) is 25.8. The summed E-state index contributed by atoms with van der Waals surface area (Å²) >= 11 is 1.83. The topological polar surface area (TPSA) is 30.7 Å². The van der Waals surface area contributed by atoms with Crippen LogP contribution in [0.1, 0.15) is 0 Å². The lowest BCUT2D eigenvalue weighted by Gasteiger charge is -2.12. The average Bonchev–Trinajstić information content (AvgIpc) is 3.76.